The van der Waals surface area contributed by atoms with Crippen LogP contribution in [0.3, 0.4) is 0 Å². The van der Waals surface area contributed by atoms with E-state index in [1.165, 1.54) is 0 Å². The Labute approximate surface area is 176 Å². The minimum atomic E-state index is -0.0162. The van der Waals surface area contributed by atoms with Crippen molar-refractivity contribution in [2.24, 2.45) is 5.92 Å². The van der Waals surface area contributed by atoms with Crippen molar-refractivity contribution in [3.8, 4) is 28.4 Å². The quantitative estimate of drug-likeness (QED) is 0.668. The summed E-state index contributed by atoms with van der Waals surface area (Å²) in [6.07, 6.45) is 0.815. The van der Waals surface area contributed by atoms with Gasteiger partial charge in [-0.25, -0.2) is 4.98 Å². The van der Waals surface area contributed by atoms with Gasteiger partial charge in [-0.1, -0.05) is 30.3 Å². The molecule has 2 aromatic carbocycles. The summed E-state index contributed by atoms with van der Waals surface area (Å²) in [4.78, 5) is 20.0. The molecule has 5 rings (SSSR count). The molecular weight excluding hydrogens is 378 g/mol. The maximum Gasteiger partial charge on any atom is 0.228 e. The number of methoxy groups -OCH3 is 1. The molecule has 30 heavy (non-hydrogen) atoms. The van der Waals surface area contributed by atoms with Gasteiger partial charge >= 0.3 is 0 Å². The number of hydrogen-bond donors (Lipinski definition) is 0. The van der Waals surface area contributed by atoms with Crippen LogP contribution < -0.4 is 4.74 Å². The monoisotopic (exact) mass is 403 g/mol. The van der Waals surface area contributed by atoms with E-state index in [4.69, 9.17) is 14.5 Å². The van der Waals surface area contributed by atoms with Crippen LogP contribution >= 0.6 is 0 Å². The lowest BCUT2D eigenvalue weighted by Gasteiger charge is -2.31. The van der Waals surface area contributed by atoms with Crippen molar-refractivity contribution < 1.29 is 14.3 Å². The summed E-state index contributed by atoms with van der Waals surface area (Å²) in [5.74, 6) is 1.94. The standard InChI is InChI=1S/C24H25N3O3/c1-29-20-9-7-17(8-10-20)22-21-15-26(24(28)19-11-14-30-16-19)12-13-27(21)23(25-22)18-5-3-2-4-6-18/h2-10,19H,11-16H2,1H3. The van der Waals surface area contributed by atoms with Gasteiger partial charge in [-0.3, -0.25) is 4.79 Å². The largest absolute Gasteiger partial charge is 0.497 e. The molecule has 1 saturated heterocycles. The molecular formula is C24H25N3O3. The SMILES string of the molecule is COc1ccc(-c2nc(-c3ccccc3)n3c2CN(C(=O)C2CCOC2)CC3)cc1. The third-order valence-corrected chi connectivity index (χ3v) is 5.99. The lowest BCUT2D eigenvalue weighted by Crippen LogP contribution is -2.41. The van der Waals surface area contributed by atoms with Crippen LogP contribution in [-0.4, -0.2) is 47.2 Å². The van der Waals surface area contributed by atoms with Crippen LogP contribution in [0.4, 0.5) is 0 Å². The second-order valence-electron chi connectivity index (χ2n) is 7.80. The molecule has 154 valence electrons. The van der Waals surface area contributed by atoms with Crippen molar-refractivity contribution in [1.82, 2.24) is 14.5 Å². The molecule has 6 nitrogen and oxygen atoms in total. The lowest BCUT2D eigenvalue weighted by atomic mass is 10.1. The highest BCUT2D eigenvalue weighted by Gasteiger charge is 2.32. The second-order valence-corrected chi connectivity index (χ2v) is 7.80. The van der Waals surface area contributed by atoms with Gasteiger partial charge in [0.2, 0.25) is 5.91 Å². The molecule has 0 N–H and O–H groups in total. The highest BCUT2D eigenvalue weighted by molar-refractivity contribution is 5.80. The van der Waals surface area contributed by atoms with E-state index in [2.05, 4.69) is 16.7 Å². The maximum atomic E-state index is 13.0. The number of ether oxygens (including phenoxy) is 2. The molecule has 3 heterocycles. The van der Waals surface area contributed by atoms with Crippen molar-refractivity contribution in [3.05, 3.63) is 60.3 Å². The molecule has 0 saturated carbocycles. The summed E-state index contributed by atoms with van der Waals surface area (Å²) < 4.78 is 13.0. The Balaban J connectivity index is 1.55. The smallest absolute Gasteiger partial charge is 0.228 e. The molecule has 1 atom stereocenters. The molecule has 0 aliphatic carbocycles. The zero-order valence-corrected chi connectivity index (χ0v) is 17.1. The Hall–Kier alpha value is -3.12. The summed E-state index contributed by atoms with van der Waals surface area (Å²) in [6, 6.07) is 18.2. The molecule has 3 aromatic rings. The van der Waals surface area contributed by atoms with E-state index in [1.807, 2.05) is 47.4 Å². The van der Waals surface area contributed by atoms with E-state index in [1.54, 1.807) is 7.11 Å². The topological polar surface area (TPSA) is 56.6 Å². The van der Waals surface area contributed by atoms with Gasteiger partial charge in [0.05, 0.1) is 37.6 Å². The lowest BCUT2D eigenvalue weighted by molar-refractivity contribution is -0.136. The normalized spacial score (nSPS) is 18.3. The zero-order chi connectivity index (χ0) is 20.5. The average Bonchev–Trinajstić information content (AvgIpc) is 3.47. The molecule has 1 aromatic heterocycles. The van der Waals surface area contributed by atoms with Gasteiger partial charge in [0.25, 0.3) is 0 Å². The fourth-order valence-corrected chi connectivity index (χ4v) is 4.33. The first-order valence-electron chi connectivity index (χ1n) is 10.4. The van der Waals surface area contributed by atoms with Gasteiger partial charge in [-0.05, 0) is 30.7 Å². The van der Waals surface area contributed by atoms with Gasteiger partial charge in [0.1, 0.15) is 11.6 Å². The molecule has 1 fully saturated rings. The van der Waals surface area contributed by atoms with Crippen LogP contribution in [0.1, 0.15) is 12.1 Å². The van der Waals surface area contributed by atoms with Gasteiger partial charge in [-0.2, -0.15) is 0 Å². The Morgan fingerprint density at radius 2 is 1.87 bits per heavy atom. The van der Waals surface area contributed by atoms with Crippen LogP contribution in [0.2, 0.25) is 0 Å². The Bertz CT molecular complexity index is 1040. The number of fused-ring (bicyclic) bond motifs is 1. The van der Waals surface area contributed by atoms with Crippen LogP contribution in [0.15, 0.2) is 54.6 Å². The van der Waals surface area contributed by atoms with Crippen molar-refractivity contribution in [1.29, 1.82) is 0 Å². The van der Waals surface area contributed by atoms with Crippen LogP contribution in [0.25, 0.3) is 22.6 Å². The van der Waals surface area contributed by atoms with Gasteiger partial charge in [0, 0.05) is 30.8 Å². The highest BCUT2D eigenvalue weighted by Crippen LogP contribution is 2.33. The molecule has 6 heteroatoms. The Morgan fingerprint density at radius 3 is 2.57 bits per heavy atom. The van der Waals surface area contributed by atoms with E-state index in [9.17, 15) is 4.79 Å². The summed E-state index contributed by atoms with van der Waals surface area (Å²) >= 11 is 0. The van der Waals surface area contributed by atoms with E-state index < -0.39 is 0 Å². The Morgan fingerprint density at radius 1 is 1.07 bits per heavy atom. The first kappa shape index (κ1) is 18.9. The van der Waals surface area contributed by atoms with Crippen LogP contribution in [0, 0.1) is 5.92 Å². The summed E-state index contributed by atoms with van der Waals surface area (Å²) in [5.41, 5.74) is 4.12. The number of rotatable bonds is 4. The van der Waals surface area contributed by atoms with Crippen molar-refractivity contribution in [2.75, 3.05) is 26.9 Å². The number of carbonyl (C=O) groups is 1. The number of hydrogen-bond acceptors (Lipinski definition) is 4. The third kappa shape index (κ3) is 3.37. The van der Waals surface area contributed by atoms with Crippen LogP contribution in [0.5, 0.6) is 5.75 Å². The molecule has 1 amide bonds. The molecule has 2 aliphatic heterocycles. The predicted octanol–water partition coefficient (Wildman–Crippen LogP) is 3.60. The number of aromatic nitrogens is 2. The second kappa shape index (κ2) is 7.95. The van der Waals surface area contributed by atoms with E-state index in [0.717, 1.165) is 47.1 Å². The highest BCUT2D eigenvalue weighted by atomic mass is 16.5. The van der Waals surface area contributed by atoms with E-state index >= 15 is 0 Å². The first-order valence-corrected chi connectivity index (χ1v) is 10.4. The van der Waals surface area contributed by atoms with Gasteiger partial charge in [-0.15, -0.1) is 0 Å². The van der Waals surface area contributed by atoms with Crippen LogP contribution in [-0.2, 0) is 22.6 Å². The first-order chi connectivity index (χ1) is 14.7. The average molecular weight is 403 g/mol. The summed E-state index contributed by atoms with van der Waals surface area (Å²) in [7, 11) is 1.66. The maximum absolute atomic E-state index is 13.0. The minimum Gasteiger partial charge on any atom is -0.497 e. The zero-order valence-electron chi connectivity index (χ0n) is 17.1. The molecule has 0 bridgehead atoms. The number of amides is 1. The van der Waals surface area contributed by atoms with E-state index in [0.29, 0.717) is 26.3 Å². The summed E-state index contributed by atoms with van der Waals surface area (Å²) in [6.45, 7) is 3.21. The Kier molecular flexibility index (Phi) is 5.01. The number of nitrogens with zero attached hydrogens (tertiary/aromatic N) is 3. The molecule has 2 aliphatic rings. The molecule has 0 radical (unpaired) electrons. The van der Waals surface area contributed by atoms with Crippen molar-refractivity contribution >= 4 is 5.91 Å². The fraction of sp³-hybridized carbons (Fsp3) is 0.333. The number of benzene rings is 2. The van der Waals surface area contributed by atoms with Crippen molar-refractivity contribution in [3.63, 3.8) is 0 Å². The number of imidazole rings is 1. The molecule has 1 unspecified atom stereocenters. The third-order valence-electron chi connectivity index (χ3n) is 5.99. The number of carbonyl (C=O) groups excluding carboxylic acids is 1. The fourth-order valence-electron chi connectivity index (χ4n) is 4.33. The summed E-state index contributed by atoms with van der Waals surface area (Å²) in [5, 5.41) is 0. The van der Waals surface area contributed by atoms with Crippen molar-refractivity contribution in [2.45, 2.75) is 19.5 Å². The van der Waals surface area contributed by atoms with E-state index in [-0.39, 0.29) is 11.8 Å². The molecule has 0 spiro atoms. The minimum absolute atomic E-state index is 0.0162. The predicted molar refractivity (Wildman–Crippen MR) is 114 cm³/mol. The van der Waals surface area contributed by atoms with Gasteiger partial charge in [0.15, 0.2) is 0 Å². The van der Waals surface area contributed by atoms with Gasteiger partial charge < -0.3 is 18.9 Å².